The molecule has 1 N–H and O–H groups in total. The van der Waals surface area contributed by atoms with E-state index >= 15 is 0 Å². The molecule has 0 saturated heterocycles. The molecule has 1 unspecified atom stereocenters. The molecular weight excluding hydrogens is 475 g/mol. The zero-order valence-electron chi connectivity index (χ0n) is 16.1. The number of alkyl halides is 5. The Balaban J connectivity index is 0.000000247. The number of aliphatic hydroxyl groups excluding tert-OH is 1. The van der Waals surface area contributed by atoms with Crippen molar-refractivity contribution < 1.29 is 40.0 Å². The molecule has 0 radical (unpaired) electrons. The van der Waals surface area contributed by atoms with Gasteiger partial charge in [0.15, 0.2) is 24.8 Å². The molecule has 3 aromatic rings. The number of hydrogen-bond acceptors (Lipinski definition) is 4. The highest BCUT2D eigenvalue weighted by Gasteiger charge is 2.59. The highest BCUT2D eigenvalue weighted by molar-refractivity contribution is 7.97. The van der Waals surface area contributed by atoms with Gasteiger partial charge in [-0.1, -0.05) is 54.6 Å². The fraction of sp³-hybridized carbons (Fsp3) is 0.143. The van der Waals surface area contributed by atoms with Crippen molar-refractivity contribution in [1.29, 1.82) is 0 Å². The van der Waals surface area contributed by atoms with E-state index in [1.807, 2.05) is 0 Å². The Morgan fingerprint density at radius 2 is 0.969 bits per heavy atom. The first-order valence-electron chi connectivity index (χ1n) is 8.83. The lowest BCUT2D eigenvalue weighted by atomic mass is 10.4. The van der Waals surface area contributed by atoms with Gasteiger partial charge in [-0.25, -0.2) is 8.42 Å². The summed E-state index contributed by atoms with van der Waals surface area (Å²) < 4.78 is 86.7. The molecule has 0 heterocycles. The van der Waals surface area contributed by atoms with E-state index in [1.165, 1.54) is 14.7 Å². The van der Waals surface area contributed by atoms with Crippen molar-refractivity contribution >= 4 is 21.0 Å². The van der Waals surface area contributed by atoms with Gasteiger partial charge in [-0.3, -0.25) is 0 Å². The second kappa shape index (κ2) is 10.4. The third-order valence-electron chi connectivity index (χ3n) is 3.90. The lowest BCUT2D eigenvalue weighted by molar-refractivity contribution is -0.248. The Bertz CT molecular complexity index is 984. The van der Waals surface area contributed by atoms with Crippen LogP contribution in [0.15, 0.2) is 106 Å². The fourth-order valence-corrected chi connectivity index (χ4v) is 4.92. The van der Waals surface area contributed by atoms with Crippen LogP contribution in [0.3, 0.4) is 0 Å². The molecule has 0 saturated carbocycles. The van der Waals surface area contributed by atoms with E-state index in [9.17, 15) is 34.9 Å². The summed E-state index contributed by atoms with van der Waals surface area (Å²) in [6.07, 6.45) is -10.4. The van der Waals surface area contributed by atoms with Crippen LogP contribution in [-0.2, 0) is 21.0 Å². The fourth-order valence-electron chi connectivity index (χ4n) is 2.41. The average Bonchev–Trinajstić information content (AvgIpc) is 2.75. The SMILES string of the molecule is O=S(=O)([O-])C(F)(F)C(O)C(F)(F)F.c1ccc([S+](c2ccccc2)c2ccccc2)cc1. The minimum absolute atomic E-state index is 0.0146. The van der Waals surface area contributed by atoms with Gasteiger partial charge < -0.3 is 9.66 Å². The Hall–Kier alpha value is -2.47. The first kappa shape index (κ1) is 25.8. The highest BCUT2D eigenvalue weighted by Crippen LogP contribution is 2.35. The quantitative estimate of drug-likeness (QED) is 0.315. The van der Waals surface area contributed by atoms with Crippen molar-refractivity contribution in [2.45, 2.75) is 32.2 Å². The maximum Gasteiger partial charge on any atom is 0.421 e. The van der Waals surface area contributed by atoms with E-state index in [1.54, 1.807) is 0 Å². The molecular formula is C21H17F5O4S2. The Kier molecular flexibility index (Phi) is 8.41. The van der Waals surface area contributed by atoms with Crippen molar-refractivity contribution in [3.8, 4) is 0 Å². The zero-order chi connectivity index (χ0) is 24.0. The topological polar surface area (TPSA) is 77.4 Å². The van der Waals surface area contributed by atoms with Gasteiger partial charge in [-0.2, -0.15) is 22.0 Å². The molecule has 11 heteroatoms. The molecule has 32 heavy (non-hydrogen) atoms. The molecule has 0 aromatic heterocycles. The maximum absolute atomic E-state index is 11.9. The molecule has 0 fully saturated rings. The summed E-state index contributed by atoms with van der Waals surface area (Å²) in [6.45, 7) is 0. The van der Waals surface area contributed by atoms with Crippen LogP contribution in [0, 0.1) is 0 Å². The van der Waals surface area contributed by atoms with Gasteiger partial charge in [0.1, 0.15) is 0 Å². The van der Waals surface area contributed by atoms with E-state index in [0.717, 1.165) is 0 Å². The van der Waals surface area contributed by atoms with E-state index in [2.05, 4.69) is 91.0 Å². The van der Waals surface area contributed by atoms with Crippen LogP contribution in [0.1, 0.15) is 0 Å². The number of benzene rings is 3. The summed E-state index contributed by atoms with van der Waals surface area (Å²) in [5.74, 6) is 0. The Labute approximate surface area is 184 Å². The van der Waals surface area contributed by atoms with E-state index in [-0.39, 0.29) is 10.9 Å². The van der Waals surface area contributed by atoms with E-state index in [0.29, 0.717) is 0 Å². The molecule has 0 spiro atoms. The zero-order valence-corrected chi connectivity index (χ0v) is 17.7. The molecule has 0 aliphatic heterocycles. The van der Waals surface area contributed by atoms with Gasteiger partial charge in [0.2, 0.25) is 6.10 Å². The van der Waals surface area contributed by atoms with Gasteiger partial charge in [0.05, 0.1) is 10.9 Å². The summed E-state index contributed by atoms with van der Waals surface area (Å²) in [7, 11) is -6.55. The standard InChI is InChI=1S/C18H15S.C3H3F5O4S/c1-4-10-16(11-5-1)19(17-12-6-2-7-13-17)18-14-8-3-9-15-18;4-2(5,6)1(9)3(7,8)13(10,11)12/h1-15H;1,9H,(H,10,11,12)/q+1;/p-1. The first-order chi connectivity index (χ1) is 14.9. The van der Waals surface area contributed by atoms with Crippen molar-refractivity contribution in [2.75, 3.05) is 0 Å². The smallest absolute Gasteiger partial charge is 0.421 e. The molecule has 172 valence electrons. The maximum atomic E-state index is 11.9. The van der Waals surface area contributed by atoms with Gasteiger partial charge in [-0.05, 0) is 36.4 Å². The van der Waals surface area contributed by atoms with Gasteiger partial charge in [0, 0.05) is 0 Å². The number of hydrogen-bond donors (Lipinski definition) is 1. The monoisotopic (exact) mass is 492 g/mol. The second-order valence-corrected chi connectivity index (χ2v) is 9.68. The van der Waals surface area contributed by atoms with Crippen molar-refractivity contribution in [3.63, 3.8) is 0 Å². The first-order valence-corrected chi connectivity index (χ1v) is 11.5. The summed E-state index contributed by atoms with van der Waals surface area (Å²) in [5, 5.41) is 2.02. The van der Waals surface area contributed by atoms with Crippen molar-refractivity contribution in [3.05, 3.63) is 91.0 Å². The summed E-state index contributed by atoms with van der Waals surface area (Å²) in [5.41, 5.74) is 0. The lowest BCUT2D eigenvalue weighted by Gasteiger charge is -2.26. The van der Waals surface area contributed by atoms with Crippen LogP contribution in [0.25, 0.3) is 0 Å². The van der Waals surface area contributed by atoms with E-state index < -0.39 is 27.7 Å². The average molecular weight is 492 g/mol. The molecule has 4 nitrogen and oxygen atoms in total. The second-order valence-electron chi connectivity index (χ2n) is 6.21. The van der Waals surface area contributed by atoms with Gasteiger partial charge >= 0.3 is 11.4 Å². The highest BCUT2D eigenvalue weighted by atomic mass is 32.2. The number of halogens is 5. The predicted octanol–water partition coefficient (Wildman–Crippen LogP) is 4.83. The van der Waals surface area contributed by atoms with Crippen LogP contribution >= 0.6 is 0 Å². The van der Waals surface area contributed by atoms with Crippen molar-refractivity contribution in [2.24, 2.45) is 0 Å². The third kappa shape index (κ3) is 6.52. The normalized spacial score (nSPS) is 13.2. The molecule has 0 aliphatic rings. The molecule has 0 aliphatic carbocycles. The molecule has 0 amide bonds. The lowest BCUT2D eigenvalue weighted by Crippen LogP contribution is -2.49. The minimum atomic E-state index is -6.54. The summed E-state index contributed by atoms with van der Waals surface area (Å²) in [6, 6.07) is 32.2. The molecule has 3 rings (SSSR count). The van der Waals surface area contributed by atoms with Crippen LogP contribution in [0.2, 0.25) is 0 Å². The number of rotatable bonds is 5. The largest absolute Gasteiger partial charge is 0.743 e. The van der Waals surface area contributed by atoms with Crippen LogP contribution in [0.4, 0.5) is 22.0 Å². The Morgan fingerprint density at radius 3 is 1.16 bits per heavy atom. The molecule has 0 bridgehead atoms. The Morgan fingerprint density at radius 1 is 0.688 bits per heavy atom. The number of aliphatic hydroxyl groups is 1. The molecule has 3 aromatic carbocycles. The third-order valence-corrected chi connectivity index (χ3v) is 7.02. The van der Waals surface area contributed by atoms with Crippen molar-refractivity contribution in [1.82, 2.24) is 0 Å². The summed E-state index contributed by atoms with van der Waals surface area (Å²) in [4.78, 5) is 4.08. The molecule has 1 atom stereocenters. The predicted molar refractivity (Wildman–Crippen MR) is 108 cm³/mol. The van der Waals surface area contributed by atoms with Crippen LogP contribution < -0.4 is 0 Å². The van der Waals surface area contributed by atoms with Crippen LogP contribution in [0.5, 0.6) is 0 Å². The van der Waals surface area contributed by atoms with Gasteiger partial charge in [-0.15, -0.1) is 0 Å². The van der Waals surface area contributed by atoms with Gasteiger partial charge in [0.25, 0.3) is 0 Å². The minimum Gasteiger partial charge on any atom is -0.743 e. The van der Waals surface area contributed by atoms with E-state index in [4.69, 9.17) is 5.11 Å². The summed E-state index contributed by atoms with van der Waals surface area (Å²) >= 11 is 0. The van der Waals surface area contributed by atoms with Crippen LogP contribution in [-0.4, -0.2) is 35.6 Å².